The maximum atomic E-state index is 6.16. The summed E-state index contributed by atoms with van der Waals surface area (Å²) in [6.45, 7) is 8.37. The molecule has 3 nitrogen and oxygen atoms in total. The largest absolute Gasteiger partial charge is 0.496 e. The topological polar surface area (TPSA) is 31.4 Å². The highest BCUT2D eigenvalue weighted by Gasteiger charge is 2.52. The van der Waals surface area contributed by atoms with E-state index in [9.17, 15) is 0 Å². The molecule has 1 saturated carbocycles. The van der Waals surface area contributed by atoms with Gasteiger partial charge in [-0.25, -0.2) is 0 Å². The predicted molar refractivity (Wildman–Crippen MR) is 81.0 cm³/mol. The zero-order chi connectivity index (χ0) is 14.4. The summed E-state index contributed by atoms with van der Waals surface area (Å²) in [6, 6.07) is 4.08. The lowest BCUT2D eigenvalue weighted by Crippen LogP contribution is -2.41. The average Bonchev–Trinajstić information content (AvgIpc) is 2.54. The highest BCUT2D eigenvalue weighted by molar-refractivity contribution is 6.62. The minimum absolute atomic E-state index is 0.288. The molecule has 108 valence electrons. The Hall–Kier alpha value is -0.865. The number of rotatable bonds is 3. The SMILES string of the molecule is CC1(C)OB(c2cccnc2CC2CCC2)OC1(C)C. The van der Waals surface area contributed by atoms with Crippen molar-refractivity contribution in [2.45, 2.75) is 64.6 Å². The maximum absolute atomic E-state index is 6.16. The van der Waals surface area contributed by atoms with Crippen molar-refractivity contribution in [3.8, 4) is 0 Å². The molecule has 0 N–H and O–H groups in total. The monoisotopic (exact) mass is 273 g/mol. The first-order valence-corrected chi connectivity index (χ1v) is 7.68. The van der Waals surface area contributed by atoms with E-state index < -0.39 is 0 Å². The summed E-state index contributed by atoms with van der Waals surface area (Å²) in [7, 11) is -0.288. The first kappa shape index (κ1) is 14.1. The van der Waals surface area contributed by atoms with Gasteiger partial charge in [-0.3, -0.25) is 4.98 Å². The lowest BCUT2D eigenvalue weighted by atomic mass is 9.74. The summed E-state index contributed by atoms with van der Waals surface area (Å²) in [4.78, 5) is 4.58. The minimum Gasteiger partial charge on any atom is -0.399 e. The van der Waals surface area contributed by atoms with Gasteiger partial charge in [-0.15, -0.1) is 0 Å². The van der Waals surface area contributed by atoms with Gasteiger partial charge in [0.05, 0.1) is 11.2 Å². The highest BCUT2D eigenvalue weighted by atomic mass is 16.7. The molecule has 3 rings (SSSR count). The Morgan fingerprint density at radius 3 is 2.40 bits per heavy atom. The normalized spacial score (nSPS) is 24.7. The maximum Gasteiger partial charge on any atom is 0.496 e. The Morgan fingerprint density at radius 1 is 1.20 bits per heavy atom. The molecular formula is C16H24BNO2. The van der Waals surface area contributed by atoms with Crippen molar-refractivity contribution >= 4 is 12.6 Å². The van der Waals surface area contributed by atoms with E-state index in [1.54, 1.807) is 0 Å². The van der Waals surface area contributed by atoms with Gasteiger partial charge in [-0.2, -0.15) is 0 Å². The van der Waals surface area contributed by atoms with Crippen LogP contribution in [0.1, 0.15) is 52.7 Å². The molecule has 1 aliphatic heterocycles. The Balaban J connectivity index is 1.84. The van der Waals surface area contributed by atoms with Crippen LogP contribution in [0.3, 0.4) is 0 Å². The quantitative estimate of drug-likeness (QED) is 0.793. The second-order valence-corrected chi connectivity index (χ2v) is 7.13. The van der Waals surface area contributed by atoms with Crippen LogP contribution >= 0.6 is 0 Å². The van der Waals surface area contributed by atoms with Crippen molar-refractivity contribution in [2.75, 3.05) is 0 Å². The number of pyridine rings is 1. The smallest absolute Gasteiger partial charge is 0.399 e. The zero-order valence-electron chi connectivity index (χ0n) is 13.0. The number of nitrogens with zero attached hydrogens (tertiary/aromatic N) is 1. The molecule has 1 aliphatic carbocycles. The summed E-state index contributed by atoms with van der Waals surface area (Å²) in [5.74, 6) is 0.797. The summed E-state index contributed by atoms with van der Waals surface area (Å²) < 4.78 is 12.3. The van der Waals surface area contributed by atoms with E-state index >= 15 is 0 Å². The molecule has 0 atom stereocenters. The van der Waals surface area contributed by atoms with Gasteiger partial charge in [0, 0.05) is 17.4 Å². The van der Waals surface area contributed by atoms with Crippen molar-refractivity contribution in [1.82, 2.24) is 4.98 Å². The van der Waals surface area contributed by atoms with Gasteiger partial charge in [0.2, 0.25) is 0 Å². The van der Waals surface area contributed by atoms with Crippen LogP contribution in [0.25, 0.3) is 0 Å². The fraction of sp³-hybridized carbons (Fsp3) is 0.688. The molecule has 0 radical (unpaired) electrons. The van der Waals surface area contributed by atoms with E-state index in [0.29, 0.717) is 0 Å². The van der Waals surface area contributed by atoms with Crippen LogP contribution in [-0.4, -0.2) is 23.3 Å². The van der Waals surface area contributed by atoms with Crippen molar-refractivity contribution in [3.05, 3.63) is 24.0 Å². The fourth-order valence-corrected chi connectivity index (χ4v) is 2.78. The van der Waals surface area contributed by atoms with Gasteiger partial charge >= 0.3 is 7.12 Å². The van der Waals surface area contributed by atoms with E-state index in [1.807, 2.05) is 12.3 Å². The number of hydrogen-bond donors (Lipinski definition) is 0. The molecule has 0 bridgehead atoms. The van der Waals surface area contributed by atoms with E-state index in [4.69, 9.17) is 9.31 Å². The van der Waals surface area contributed by atoms with Crippen molar-refractivity contribution in [2.24, 2.45) is 5.92 Å². The van der Waals surface area contributed by atoms with Crippen LogP contribution in [-0.2, 0) is 15.7 Å². The molecule has 1 aromatic rings. The van der Waals surface area contributed by atoms with Gasteiger partial charge in [-0.05, 0) is 46.1 Å². The van der Waals surface area contributed by atoms with Crippen LogP contribution in [0, 0.1) is 5.92 Å². The van der Waals surface area contributed by atoms with E-state index in [0.717, 1.165) is 23.5 Å². The molecule has 0 amide bonds. The fourth-order valence-electron chi connectivity index (χ4n) is 2.78. The molecule has 4 heteroatoms. The number of aromatic nitrogens is 1. The molecule has 20 heavy (non-hydrogen) atoms. The van der Waals surface area contributed by atoms with Gasteiger partial charge < -0.3 is 9.31 Å². The van der Waals surface area contributed by atoms with Crippen LogP contribution in [0.15, 0.2) is 18.3 Å². The summed E-state index contributed by atoms with van der Waals surface area (Å²) in [5.41, 5.74) is 1.68. The molecule has 1 saturated heterocycles. The van der Waals surface area contributed by atoms with Crippen molar-refractivity contribution in [3.63, 3.8) is 0 Å². The van der Waals surface area contributed by atoms with Crippen LogP contribution in [0.2, 0.25) is 0 Å². The summed E-state index contributed by atoms with van der Waals surface area (Å²) in [6.07, 6.45) is 6.96. The second kappa shape index (κ2) is 4.85. The van der Waals surface area contributed by atoms with Gasteiger partial charge in [-0.1, -0.05) is 25.3 Å². The van der Waals surface area contributed by atoms with Crippen molar-refractivity contribution < 1.29 is 9.31 Å². The van der Waals surface area contributed by atoms with Crippen LogP contribution in [0.4, 0.5) is 0 Å². The van der Waals surface area contributed by atoms with Gasteiger partial charge in [0.25, 0.3) is 0 Å². The first-order chi connectivity index (χ1) is 9.39. The van der Waals surface area contributed by atoms with Gasteiger partial charge in [0.1, 0.15) is 0 Å². The zero-order valence-corrected chi connectivity index (χ0v) is 13.0. The standard InChI is InChI=1S/C16H24BNO2/c1-15(2)16(3,4)20-17(19-15)13-9-6-10-18-14(13)11-12-7-5-8-12/h6,9-10,12H,5,7-8,11H2,1-4H3. The lowest BCUT2D eigenvalue weighted by molar-refractivity contribution is 0.00578. The van der Waals surface area contributed by atoms with E-state index in [-0.39, 0.29) is 18.3 Å². The third-order valence-electron chi connectivity index (χ3n) is 5.14. The second-order valence-electron chi connectivity index (χ2n) is 7.13. The Kier molecular flexibility index (Phi) is 3.42. The van der Waals surface area contributed by atoms with Crippen LogP contribution in [0.5, 0.6) is 0 Å². The molecule has 0 unspecified atom stereocenters. The van der Waals surface area contributed by atoms with Crippen molar-refractivity contribution in [1.29, 1.82) is 0 Å². The Labute approximate surface area is 122 Å². The lowest BCUT2D eigenvalue weighted by Gasteiger charge is -2.32. The summed E-state index contributed by atoms with van der Waals surface area (Å²) >= 11 is 0. The molecule has 1 aromatic heterocycles. The predicted octanol–water partition coefficient (Wildman–Crippen LogP) is 2.72. The van der Waals surface area contributed by atoms with Crippen LogP contribution < -0.4 is 5.46 Å². The number of hydrogen-bond acceptors (Lipinski definition) is 3. The average molecular weight is 273 g/mol. The first-order valence-electron chi connectivity index (χ1n) is 7.68. The Morgan fingerprint density at radius 2 is 1.85 bits per heavy atom. The molecule has 2 fully saturated rings. The minimum atomic E-state index is -0.290. The highest BCUT2D eigenvalue weighted by Crippen LogP contribution is 2.37. The molecule has 2 aliphatic rings. The molecular weight excluding hydrogens is 249 g/mol. The molecule has 0 spiro atoms. The Bertz CT molecular complexity index is 481. The van der Waals surface area contributed by atoms with E-state index in [2.05, 4.69) is 38.7 Å². The van der Waals surface area contributed by atoms with Gasteiger partial charge in [0.15, 0.2) is 0 Å². The molecule has 2 heterocycles. The van der Waals surface area contributed by atoms with E-state index in [1.165, 1.54) is 19.3 Å². The molecule has 0 aromatic carbocycles. The summed E-state index contributed by atoms with van der Waals surface area (Å²) in [5, 5.41) is 0. The third-order valence-corrected chi connectivity index (χ3v) is 5.14. The third kappa shape index (κ3) is 2.40.